The number of hydrogen-bond acceptors (Lipinski definition) is 6. The Bertz CT molecular complexity index is 875. The molecule has 2 rings (SSSR count). The molecule has 146 valence electrons. The molecule has 0 saturated carbocycles. The Balaban J connectivity index is 1.91. The number of likely N-dealkylation sites (N-methyl/N-ethyl adjacent to an activating group) is 1. The molecule has 1 amide bonds. The van der Waals surface area contributed by atoms with Crippen molar-refractivity contribution in [2.75, 3.05) is 13.7 Å². The molecule has 0 spiro atoms. The number of thiophene rings is 1. The van der Waals surface area contributed by atoms with Gasteiger partial charge in [0.15, 0.2) is 6.61 Å². The van der Waals surface area contributed by atoms with Crippen molar-refractivity contribution in [2.45, 2.75) is 31.3 Å². The Kier molecular flexibility index (Phi) is 7.11. The number of carbonyl (C=O) groups excluding carboxylic acids is 2. The van der Waals surface area contributed by atoms with E-state index in [4.69, 9.17) is 4.74 Å². The van der Waals surface area contributed by atoms with Gasteiger partial charge in [0.25, 0.3) is 5.91 Å². The van der Waals surface area contributed by atoms with Gasteiger partial charge in [0.05, 0.1) is 17.0 Å². The number of esters is 1. The lowest BCUT2D eigenvalue weighted by atomic mass is 10.2. The average Bonchev–Trinajstić information content (AvgIpc) is 3.11. The zero-order valence-electron chi connectivity index (χ0n) is 15.3. The van der Waals surface area contributed by atoms with Crippen LogP contribution in [0.25, 0.3) is 0 Å². The van der Waals surface area contributed by atoms with E-state index in [1.165, 1.54) is 29.2 Å². The molecular formula is C18H22N2O5S2. The lowest BCUT2D eigenvalue weighted by molar-refractivity contribution is -0.133. The number of nitrogens with one attached hydrogen (secondary N) is 1. The van der Waals surface area contributed by atoms with Gasteiger partial charge >= 0.3 is 5.97 Å². The predicted octanol–water partition coefficient (Wildman–Crippen LogP) is 2.25. The molecule has 1 heterocycles. The van der Waals surface area contributed by atoms with Gasteiger partial charge in [0.1, 0.15) is 0 Å². The summed E-state index contributed by atoms with van der Waals surface area (Å²) in [5.41, 5.74) is 0.173. The van der Waals surface area contributed by atoms with E-state index >= 15 is 0 Å². The molecule has 7 nitrogen and oxygen atoms in total. The van der Waals surface area contributed by atoms with E-state index in [2.05, 4.69) is 4.72 Å². The van der Waals surface area contributed by atoms with Crippen LogP contribution in [0.3, 0.4) is 0 Å². The van der Waals surface area contributed by atoms with E-state index in [1.807, 2.05) is 17.5 Å². The Morgan fingerprint density at radius 2 is 1.85 bits per heavy atom. The first-order valence-electron chi connectivity index (χ1n) is 8.25. The van der Waals surface area contributed by atoms with Gasteiger partial charge in [-0.05, 0) is 49.6 Å². The summed E-state index contributed by atoms with van der Waals surface area (Å²) >= 11 is 1.54. The summed E-state index contributed by atoms with van der Waals surface area (Å²) in [6.45, 7) is 3.50. The smallest absolute Gasteiger partial charge is 0.338 e. The zero-order chi connectivity index (χ0) is 20.0. The van der Waals surface area contributed by atoms with Crippen molar-refractivity contribution >= 4 is 33.2 Å². The van der Waals surface area contributed by atoms with Crippen LogP contribution in [0.2, 0.25) is 0 Å². The normalized spacial score (nSPS) is 11.4. The van der Waals surface area contributed by atoms with Gasteiger partial charge in [-0.25, -0.2) is 17.9 Å². The van der Waals surface area contributed by atoms with Crippen LogP contribution >= 0.6 is 11.3 Å². The van der Waals surface area contributed by atoms with Gasteiger partial charge in [-0.3, -0.25) is 4.79 Å². The summed E-state index contributed by atoms with van der Waals surface area (Å²) in [6.07, 6.45) is 0. The Labute approximate surface area is 163 Å². The topological polar surface area (TPSA) is 92.8 Å². The molecule has 0 unspecified atom stereocenters. The van der Waals surface area contributed by atoms with Crippen molar-refractivity contribution in [3.8, 4) is 0 Å². The fourth-order valence-electron chi connectivity index (χ4n) is 2.19. The van der Waals surface area contributed by atoms with Gasteiger partial charge < -0.3 is 9.64 Å². The van der Waals surface area contributed by atoms with Crippen LogP contribution in [0.4, 0.5) is 0 Å². The number of sulfonamides is 1. The quantitative estimate of drug-likeness (QED) is 0.674. The highest BCUT2D eigenvalue weighted by Gasteiger charge is 2.17. The molecule has 1 aromatic heterocycles. The van der Waals surface area contributed by atoms with Crippen LogP contribution < -0.4 is 4.72 Å². The fourth-order valence-corrected chi connectivity index (χ4v) is 4.20. The van der Waals surface area contributed by atoms with Crippen LogP contribution in [-0.4, -0.2) is 44.9 Å². The number of nitrogens with zero attached hydrogens (tertiary/aromatic N) is 1. The molecule has 0 aliphatic rings. The fraction of sp³-hybridized carbons (Fsp3) is 0.333. The second-order valence-electron chi connectivity index (χ2n) is 6.21. The van der Waals surface area contributed by atoms with E-state index in [0.29, 0.717) is 6.54 Å². The monoisotopic (exact) mass is 410 g/mol. The molecule has 0 aliphatic carbocycles. The summed E-state index contributed by atoms with van der Waals surface area (Å²) in [5.74, 6) is -1.01. The summed E-state index contributed by atoms with van der Waals surface area (Å²) in [6, 6.07) is 8.95. The molecule has 27 heavy (non-hydrogen) atoms. The van der Waals surface area contributed by atoms with Gasteiger partial charge in [0.2, 0.25) is 10.0 Å². The first-order chi connectivity index (χ1) is 12.7. The summed E-state index contributed by atoms with van der Waals surface area (Å²) in [5, 5.41) is 1.92. The number of ether oxygens (including phenoxy) is 1. The first kappa shape index (κ1) is 21.1. The van der Waals surface area contributed by atoms with Crippen molar-refractivity contribution in [2.24, 2.45) is 0 Å². The Morgan fingerprint density at radius 1 is 1.19 bits per heavy atom. The highest BCUT2D eigenvalue weighted by molar-refractivity contribution is 7.89. The average molecular weight is 411 g/mol. The Morgan fingerprint density at radius 3 is 2.41 bits per heavy atom. The summed E-state index contributed by atoms with van der Waals surface area (Å²) in [7, 11) is -1.99. The number of carbonyl (C=O) groups is 2. The molecule has 0 radical (unpaired) electrons. The molecule has 2 aromatic rings. The number of hydrogen-bond donors (Lipinski definition) is 1. The molecular weight excluding hydrogens is 388 g/mol. The molecule has 0 aliphatic heterocycles. The second kappa shape index (κ2) is 9.12. The molecule has 0 saturated heterocycles. The SMILES string of the molecule is CC(C)NS(=O)(=O)c1ccc(C(=O)OCC(=O)N(C)Cc2cccs2)cc1. The molecule has 1 N–H and O–H groups in total. The molecule has 1 aromatic carbocycles. The number of amides is 1. The van der Waals surface area contributed by atoms with Crippen molar-refractivity contribution in [1.82, 2.24) is 9.62 Å². The van der Waals surface area contributed by atoms with E-state index in [9.17, 15) is 18.0 Å². The standard InChI is InChI=1S/C18H22N2O5S2/c1-13(2)19-27(23,24)16-8-6-14(7-9-16)18(22)25-12-17(21)20(3)11-15-5-4-10-26-15/h4-10,13,19H,11-12H2,1-3H3. The van der Waals surface area contributed by atoms with Gasteiger partial charge in [-0.2, -0.15) is 0 Å². The van der Waals surface area contributed by atoms with Crippen molar-refractivity contribution in [3.63, 3.8) is 0 Å². The highest BCUT2D eigenvalue weighted by atomic mass is 32.2. The molecule has 0 fully saturated rings. The third-order valence-electron chi connectivity index (χ3n) is 3.52. The van der Waals surface area contributed by atoms with Crippen LogP contribution in [0.5, 0.6) is 0 Å². The maximum absolute atomic E-state index is 12.1. The van der Waals surface area contributed by atoms with Gasteiger partial charge in [-0.15, -0.1) is 11.3 Å². The van der Waals surface area contributed by atoms with E-state index < -0.39 is 16.0 Å². The number of benzene rings is 1. The maximum Gasteiger partial charge on any atom is 0.338 e. The maximum atomic E-state index is 12.1. The van der Waals surface area contributed by atoms with Crippen LogP contribution in [-0.2, 0) is 26.1 Å². The molecule has 9 heteroatoms. The lowest BCUT2D eigenvalue weighted by Crippen LogP contribution is -2.30. The minimum atomic E-state index is -3.63. The van der Waals surface area contributed by atoms with E-state index in [1.54, 1.807) is 32.2 Å². The third-order valence-corrected chi connectivity index (χ3v) is 6.05. The second-order valence-corrected chi connectivity index (χ2v) is 8.95. The molecule has 0 atom stereocenters. The van der Waals surface area contributed by atoms with Gasteiger partial charge in [-0.1, -0.05) is 6.07 Å². The minimum absolute atomic E-state index is 0.0551. The van der Waals surface area contributed by atoms with Crippen LogP contribution in [0.15, 0.2) is 46.7 Å². The number of rotatable bonds is 8. The highest BCUT2D eigenvalue weighted by Crippen LogP contribution is 2.13. The zero-order valence-corrected chi connectivity index (χ0v) is 17.0. The lowest BCUT2D eigenvalue weighted by Gasteiger charge is -2.16. The van der Waals surface area contributed by atoms with E-state index in [-0.39, 0.29) is 29.0 Å². The van der Waals surface area contributed by atoms with Crippen molar-refractivity contribution in [1.29, 1.82) is 0 Å². The third kappa shape index (κ3) is 6.16. The predicted molar refractivity (Wildman–Crippen MR) is 103 cm³/mol. The van der Waals surface area contributed by atoms with Crippen molar-refractivity contribution in [3.05, 3.63) is 52.2 Å². The van der Waals surface area contributed by atoms with Crippen LogP contribution in [0, 0.1) is 0 Å². The largest absolute Gasteiger partial charge is 0.452 e. The minimum Gasteiger partial charge on any atom is -0.452 e. The Hall–Kier alpha value is -2.23. The van der Waals surface area contributed by atoms with Gasteiger partial charge in [0, 0.05) is 18.0 Å². The molecule has 0 bridgehead atoms. The summed E-state index contributed by atoms with van der Waals surface area (Å²) in [4.78, 5) is 26.7. The summed E-state index contributed by atoms with van der Waals surface area (Å²) < 4.78 is 31.6. The van der Waals surface area contributed by atoms with E-state index in [0.717, 1.165) is 4.88 Å². The first-order valence-corrected chi connectivity index (χ1v) is 10.6. The van der Waals surface area contributed by atoms with Crippen molar-refractivity contribution < 1.29 is 22.7 Å². The van der Waals surface area contributed by atoms with Crippen LogP contribution in [0.1, 0.15) is 29.1 Å².